The lowest BCUT2D eigenvalue weighted by Crippen LogP contribution is -2.64. The summed E-state index contributed by atoms with van der Waals surface area (Å²) in [5, 5.41) is 4.89. The van der Waals surface area contributed by atoms with E-state index >= 15 is 0 Å². The first-order valence-corrected chi connectivity index (χ1v) is 8.46. The minimum Gasteiger partial charge on any atom is -0.378 e. The van der Waals surface area contributed by atoms with Crippen LogP contribution < -0.4 is 0 Å². The van der Waals surface area contributed by atoms with Crippen LogP contribution in [0.3, 0.4) is 0 Å². The third-order valence-electron chi connectivity index (χ3n) is 4.71. The van der Waals surface area contributed by atoms with Crippen molar-refractivity contribution in [3.05, 3.63) is 46.3 Å². The Kier molecular flexibility index (Phi) is 6.27. The maximum atomic E-state index is 12.6. The summed E-state index contributed by atoms with van der Waals surface area (Å²) in [5.74, 6) is -0.453. The quantitative estimate of drug-likeness (QED) is 0.332. The van der Waals surface area contributed by atoms with Crippen LogP contribution in [0.5, 0.6) is 0 Å². The average molecular weight is 378 g/mol. The van der Waals surface area contributed by atoms with E-state index in [-0.39, 0.29) is 6.61 Å². The van der Waals surface area contributed by atoms with E-state index in [2.05, 4.69) is 10.0 Å². The molecule has 146 valence electrons. The molecule has 2 saturated heterocycles. The van der Waals surface area contributed by atoms with Gasteiger partial charge >= 0.3 is 0 Å². The van der Waals surface area contributed by atoms with Crippen molar-refractivity contribution < 1.29 is 28.6 Å². The van der Waals surface area contributed by atoms with E-state index in [0.717, 1.165) is 10.6 Å². The molecule has 27 heavy (non-hydrogen) atoms. The van der Waals surface area contributed by atoms with Crippen molar-refractivity contribution in [2.45, 2.75) is 36.7 Å². The molecule has 0 aromatic heterocycles. The smallest absolute Gasteiger partial charge is 0.277 e. The van der Waals surface area contributed by atoms with E-state index in [4.69, 9.17) is 29.3 Å². The summed E-state index contributed by atoms with van der Waals surface area (Å²) in [6, 6.07) is 8.64. The maximum Gasteiger partial charge on any atom is 0.277 e. The predicted molar refractivity (Wildman–Crippen MR) is 92.2 cm³/mol. The molecule has 0 bridgehead atoms. The van der Waals surface area contributed by atoms with Crippen molar-refractivity contribution in [3.8, 4) is 0 Å². The summed E-state index contributed by atoms with van der Waals surface area (Å²) in [6.45, 7) is 0.179. The van der Waals surface area contributed by atoms with Crippen LogP contribution in [0.4, 0.5) is 0 Å². The fourth-order valence-electron chi connectivity index (χ4n) is 3.30. The van der Waals surface area contributed by atoms with Gasteiger partial charge in [0, 0.05) is 24.6 Å². The first kappa shape index (κ1) is 19.6. The Balaban J connectivity index is 1.86. The Morgan fingerprint density at radius 2 is 2.04 bits per heavy atom. The number of ether oxygens (including phenoxy) is 4. The van der Waals surface area contributed by atoms with E-state index in [1.807, 2.05) is 30.3 Å². The highest BCUT2D eigenvalue weighted by molar-refractivity contribution is 5.80. The Bertz CT molecular complexity index is 698. The molecule has 1 aromatic rings. The lowest BCUT2D eigenvalue weighted by Gasteiger charge is -2.47. The highest BCUT2D eigenvalue weighted by atomic mass is 16.7. The minimum atomic E-state index is -1.02. The van der Waals surface area contributed by atoms with Crippen molar-refractivity contribution in [2.24, 2.45) is 5.11 Å². The molecule has 2 aliphatic rings. The molecule has 1 aromatic carbocycles. The van der Waals surface area contributed by atoms with E-state index in [1.54, 1.807) is 0 Å². The number of carbonyl (C=O) groups excluding carboxylic acids is 1. The maximum absolute atomic E-state index is 12.6. The van der Waals surface area contributed by atoms with Gasteiger partial charge in [-0.25, -0.2) is 5.06 Å². The van der Waals surface area contributed by atoms with Crippen LogP contribution in [0.25, 0.3) is 10.4 Å². The summed E-state index contributed by atoms with van der Waals surface area (Å²) in [4.78, 5) is 20.5. The molecule has 10 nitrogen and oxygen atoms in total. The number of hydrogen-bond acceptors (Lipinski definition) is 7. The van der Waals surface area contributed by atoms with Gasteiger partial charge in [0.2, 0.25) is 0 Å². The fraction of sp³-hybridized carbons (Fsp3) is 0.588. The van der Waals surface area contributed by atoms with Crippen LogP contribution in [0.1, 0.15) is 11.9 Å². The molecule has 3 unspecified atom stereocenters. The van der Waals surface area contributed by atoms with Crippen molar-refractivity contribution in [1.29, 1.82) is 0 Å². The summed E-state index contributed by atoms with van der Waals surface area (Å²) in [6.07, 6.45) is -3.69. The van der Waals surface area contributed by atoms with Gasteiger partial charge in [0.15, 0.2) is 12.4 Å². The number of fused-ring (bicyclic) bond motifs is 1. The SMILES string of the molecule is CO[C@H]1C(N=[N+]=[N-])[C@H]2OC(c3ccccc3)OCC2O[C@H]1C(=O)N(C)OC. The molecule has 3 rings (SSSR count). The van der Waals surface area contributed by atoms with Crippen LogP contribution in [0.15, 0.2) is 35.4 Å². The molecular formula is C17H22N4O6. The molecule has 2 aliphatic heterocycles. The van der Waals surface area contributed by atoms with Gasteiger partial charge in [-0.3, -0.25) is 9.63 Å². The van der Waals surface area contributed by atoms with Crippen LogP contribution >= 0.6 is 0 Å². The average Bonchev–Trinajstić information content (AvgIpc) is 2.72. The molecule has 0 spiro atoms. The Labute approximate surface area is 156 Å². The Morgan fingerprint density at radius 3 is 2.67 bits per heavy atom. The number of azide groups is 1. The lowest BCUT2D eigenvalue weighted by molar-refractivity contribution is -0.308. The van der Waals surface area contributed by atoms with Crippen molar-refractivity contribution in [2.75, 3.05) is 27.9 Å². The van der Waals surface area contributed by atoms with Gasteiger partial charge in [-0.15, -0.1) is 0 Å². The first-order valence-electron chi connectivity index (χ1n) is 8.46. The van der Waals surface area contributed by atoms with Crippen molar-refractivity contribution >= 4 is 5.91 Å². The number of nitrogens with zero attached hydrogens (tertiary/aromatic N) is 4. The second-order valence-electron chi connectivity index (χ2n) is 6.19. The van der Waals surface area contributed by atoms with Crippen molar-refractivity contribution in [3.63, 3.8) is 0 Å². The van der Waals surface area contributed by atoms with E-state index in [1.165, 1.54) is 21.3 Å². The molecule has 0 aliphatic carbocycles. The molecule has 2 heterocycles. The van der Waals surface area contributed by atoms with Gasteiger partial charge in [0.25, 0.3) is 5.91 Å². The predicted octanol–water partition coefficient (Wildman–Crippen LogP) is 1.58. The molecule has 0 saturated carbocycles. The third-order valence-corrected chi connectivity index (χ3v) is 4.71. The van der Waals surface area contributed by atoms with Gasteiger partial charge in [0.05, 0.1) is 19.8 Å². The molecule has 0 radical (unpaired) electrons. The zero-order valence-electron chi connectivity index (χ0n) is 15.3. The third kappa shape index (κ3) is 3.91. The summed E-state index contributed by atoms with van der Waals surface area (Å²) < 4.78 is 23.2. The second kappa shape index (κ2) is 8.66. The van der Waals surface area contributed by atoms with Crippen LogP contribution in [-0.2, 0) is 28.6 Å². The largest absolute Gasteiger partial charge is 0.378 e. The minimum absolute atomic E-state index is 0.179. The number of methoxy groups -OCH3 is 1. The van der Waals surface area contributed by atoms with E-state index in [0.29, 0.717) is 0 Å². The highest BCUT2D eigenvalue weighted by Crippen LogP contribution is 2.36. The zero-order chi connectivity index (χ0) is 19.4. The Morgan fingerprint density at radius 1 is 1.30 bits per heavy atom. The van der Waals surface area contributed by atoms with Gasteiger partial charge in [-0.1, -0.05) is 35.4 Å². The zero-order valence-corrected chi connectivity index (χ0v) is 15.3. The molecule has 10 heteroatoms. The second-order valence-corrected chi connectivity index (χ2v) is 6.19. The fourth-order valence-corrected chi connectivity index (χ4v) is 3.30. The molecular weight excluding hydrogens is 356 g/mol. The monoisotopic (exact) mass is 378 g/mol. The topological polar surface area (TPSA) is 115 Å². The van der Waals surface area contributed by atoms with Crippen LogP contribution in [0.2, 0.25) is 0 Å². The van der Waals surface area contributed by atoms with E-state index in [9.17, 15) is 4.79 Å². The molecule has 0 N–H and O–H groups in total. The number of hydroxylamine groups is 2. The summed E-state index contributed by atoms with van der Waals surface area (Å²) in [7, 11) is 4.26. The normalized spacial score (nSPS) is 32.9. The number of rotatable bonds is 5. The van der Waals surface area contributed by atoms with Crippen LogP contribution in [0, 0.1) is 0 Å². The number of benzene rings is 1. The van der Waals surface area contributed by atoms with Gasteiger partial charge in [0.1, 0.15) is 18.3 Å². The number of hydrogen-bond donors (Lipinski definition) is 0. The molecule has 2 fully saturated rings. The summed E-state index contributed by atoms with van der Waals surface area (Å²) >= 11 is 0. The molecule has 1 amide bonds. The molecule has 6 atom stereocenters. The van der Waals surface area contributed by atoms with Gasteiger partial charge in [-0.2, -0.15) is 0 Å². The first-order chi connectivity index (χ1) is 13.1. The van der Waals surface area contributed by atoms with E-state index < -0.39 is 42.7 Å². The lowest BCUT2D eigenvalue weighted by atomic mass is 9.91. The number of amides is 1. The van der Waals surface area contributed by atoms with Gasteiger partial charge in [-0.05, 0) is 5.53 Å². The van der Waals surface area contributed by atoms with Crippen LogP contribution in [-0.4, -0.2) is 69.3 Å². The van der Waals surface area contributed by atoms with Gasteiger partial charge < -0.3 is 18.9 Å². The Hall–Kier alpha value is -2.20. The standard InChI is InChI=1S/C17H22N4O6/c1-21(24-3)16(22)15-14(23-2)12(19-20-18)13-11(26-15)9-25-17(27-13)10-7-5-4-6-8-10/h4-8,11-15,17H,9H2,1-3H3/t11?,12?,13-,14-,15+,17?/m0/s1. The van der Waals surface area contributed by atoms with Crippen molar-refractivity contribution in [1.82, 2.24) is 5.06 Å². The number of likely N-dealkylation sites (N-methyl/N-ethyl adjacent to an activating group) is 1. The highest BCUT2D eigenvalue weighted by Gasteiger charge is 2.52. The summed E-state index contributed by atoms with van der Waals surface area (Å²) in [5.41, 5.74) is 9.88. The number of carbonyl (C=O) groups is 1.